The number of hydrogen-bond donors (Lipinski definition) is 1. The SMILES string of the molecule is CNCCC1CCCCN1C(=O)c1cccn1CCOC. The van der Waals surface area contributed by atoms with Gasteiger partial charge in [0.25, 0.3) is 5.91 Å². The lowest BCUT2D eigenvalue weighted by atomic mass is 9.99. The Bertz CT molecular complexity index is 444. The third-order valence-corrected chi connectivity index (χ3v) is 4.20. The van der Waals surface area contributed by atoms with Gasteiger partial charge in [-0.25, -0.2) is 0 Å². The Hall–Kier alpha value is -1.33. The molecule has 0 aromatic carbocycles. The molecule has 1 amide bonds. The zero-order chi connectivity index (χ0) is 15.1. The van der Waals surface area contributed by atoms with Crippen LogP contribution in [-0.2, 0) is 11.3 Å². The monoisotopic (exact) mass is 293 g/mol. The van der Waals surface area contributed by atoms with Crippen LogP contribution in [0.1, 0.15) is 36.2 Å². The van der Waals surface area contributed by atoms with Crippen LogP contribution in [0, 0.1) is 0 Å². The third kappa shape index (κ3) is 4.08. The van der Waals surface area contributed by atoms with Gasteiger partial charge in [-0.3, -0.25) is 4.79 Å². The van der Waals surface area contributed by atoms with E-state index in [0.717, 1.165) is 44.6 Å². The lowest BCUT2D eigenvalue weighted by Crippen LogP contribution is -2.45. The summed E-state index contributed by atoms with van der Waals surface area (Å²) in [4.78, 5) is 14.9. The van der Waals surface area contributed by atoms with E-state index < -0.39 is 0 Å². The molecule has 1 aromatic rings. The molecule has 0 aliphatic carbocycles. The van der Waals surface area contributed by atoms with Crippen LogP contribution in [0.4, 0.5) is 0 Å². The van der Waals surface area contributed by atoms with Gasteiger partial charge >= 0.3 is 0 Å². The highest BCUT2D eigenvalue weighted by Gasteiger charge is 2.28. The number of nitrogens with zero attached hydrogens (tertiary/aromatic N) is 2. The fourth-order valence-electron chi connectivity index (χ4n) is 3.02. The van der Waals surface area contributed by atoms with Crippen LogP contribution < -0.4 is 5.32 Å². The second-order valence-corrected chi connectivity index (χ2v) is 5.62. The number of likely N-dealkylation sites (tertiary alicyclic amines) is 1. The molecule has 0 radical (unpaired) electrons. The normalized spacial score (nSPS) is 19.0. The van der Waals surface area contributed by atoms with Crippen LogP contribution in [-0.4, -0.2) is 55.3 Å². The van der Waals surface area contributed by atoms with Crippen molar-refractivity contribution >= 4 is 5.91 Å². The van der Waals surface area contributed by atoms with Crippen LogP contribution in [0.3, 0.4) is 0 Å². The lowest BCUT2D eigenvalue weighted by Gasteiger charge is -2.36. The zero-order valence-electron chi connectivity index (χ0n) is 13.2. The van der Waals surface area contributed by atoms with Crippen LogP contribution >= 0.6 is 0 Å². The number of aromatic nitrogens is 1. The molecule has 1 N–H and O–H groups in total. The van der Waals surface area contributed by atoms with E-state index in [2.05, 4.69) is 10.2 Å². The second kappa shape index (κ2) is 8.20. The van der Waals surface area contributed by atoms with Crippen molar-refractivity contribution in [2.45, 2.75) is 38.3 Å². The molecule has 118 valence electrons. The summed E-state index contributed by atoms with van der Waals surface area (Å²) < 4.78 is 7.11. The molecule has 1 fully saturated rings. The average Bonchev–Trinajstić information content (AvgIpc) is 2.99. The minimum Gasteiger partial charge on any atom is -0.383 e. The second-order valence-electron chi connectivity index (χ2n) is 5.62. The Kier molecular flexibility index (Phi) is 6.26. The number of rotatable bonds is 7. The molecular weight excluding hydrogens is 266 g/mol. The lowest BCUT2D eigenvalue weighted by molar-refractivity contribution is 0.0589. The molecule has 1 aliphatic rings. The summed E-state index contributed by atoms with van der Waals surface area (Å²) in [6.45, 7) is 3.18. The number of ether oxygens (including phenoxy) is 1. The van der Waals surface area contributed by atoms with Crippen molar-refractivity contribution < 1.29 is 9.53 Å². The fraction of sp³-hybridized carbons (Fsp3) is 0.688. The Morgan fingerprint density at radius 1 is 1.48 bits per heavy atom. The number of amides is 1. The first-order valence-corrected chi connectivity index (χ1v) is 7.87. The molecule has 1 saturated heterocycles. The highest BCUT2D eigenvalue weighted by atomic mass is 16.5. The van der Waals surface area contributed by atoms with E-state index in [1.54, 1.807) is 7.11 Å². The van der Waals surface area contributed by atoms with Gasteiger partial charge in [-0.05, 0) is 51.4 Å². The predicted octanol–water partition coefficient (Wildman–Crippen LogP) is 1.74. The van der Waals surface area contributed by atoms with E-state index in [1.165, 1.54) is 6.42 Å². The van der Waals surface area contributed by atoms with Gasteiger partial charge in [-0.2, -0.15) is 0 Å². The quantitative estimate of drug-likeness (QED) is 0.833. The van der Waals surface area contributed by atoms with Gasteiger partial charge in [-0.1, -0.05) is 0 Å². The van der Waals surface area contributed by atoms with Crippen molar-refractivity contribution in [2.24, 2.45) is 0 Å². The number of piperidine rings is 1. The summed E-state index contributed by atoms with van der Waals surface area (Å²) in [7, 11) is 3.65. The van der Waals surface area contributed by atoms with Crippen LogP contribution in [0.15, 0.2) is 18.3 Å². The highest BCUT2D eigenvalue weighted by molar-refractivity contribution is 5.93. The molecule has 0 spiro atoms. The topological polar surface area (TPSA) is 46.5 Å². The largest absolute Gasteiger partial charge is 0.383 e. The molecule has 5 nitrogen and oxygen atoms in total. The highest BCUT2D eigenvalue weighted by Crippen LogP contribution is 2.22. The maximum Gasteiger partial charge on any atom is 0.270 e. The summed E-state index contributed by atoms with van der Waals surface area (Å²) in [5, 5.41) is 3.19. The van der Waals surface area contributed by atoms with E-state index in [9.17, 15) is 4.79 Å². The van der Waals surface area contributed by atoms with Crippen LogP contribution in [0.5, 0.6) is 0 Å². The maximum absolute atomic E-state index is 12.9. The Morgan fingerprint density at radius 2 is 2.33 bits per heavy atom. The van der Waals surface area contributed by atoms with Gasteiger partial charge < -0.3 is 19.5 Å². The molecule has 0 bridgehead atoms. The van der Waals surface area contributed by atoms with Crippen molar-refractivity contribution in [1.82, 2.24) is 14.8 Å². The summed E-state index contributed by atoms with van der Waals surface area (Å²) in [6, 6.07) is 4.22. The van der Waals surface area contributed by atoms with Crippen molar-refractivity contribution in [2.75, 3.05) is 33.9 Å². The molecule has 2 rings (SSSR count). The Balaban J connectivity index is 2.07. The number of methoxy groups -OCH3 is 1. The van der Waals surface area contributed by atoms with E-state index in [1.807, 2.05) is 29.9 Å². The molecule has 1 unspecified atom stereocenters. The van der Waals surface area contributed by atoms with Crippen molar-refractivity contribution in [1.29, 1.82) is 0 Å². The summed E-state index contributed by atoms with van der Waals surface area (Å²) in [5.41, 5.74) is 0.781. The van der Waals surface area contributed by atoms with Crippen molar-refractivity contribution in [3.8, 4) is 0 Å². The molecule has 2 heterocycles. The molecule has 1 atom stereocenters. The number of nitrogens with one attached hydrogen (secondary N) is 1. The summed E-state index contributed by atoms with van der Waals surface area (Å²) in [6.07, 6.45) is 6.44. The Morgan fingerprint density at radius 3 is 3.10 bits per heavy atom. The number of carbonyl (C=O) groups excluding carboxylic acids is 1. The van der Waals surface area contributed by atoms with Gasteiger partial charge in [0.1, 0.15) is 5.69 Å². The van der Waals surface area contributed by atoms with Crippen molar-refractivity contribution in [3.05, 3.63) is 24.0 Å². The summed E-state index contributed by atoms with van der Waals surface area (Å²) >= 11 is 0. The molecule has 1 aliphatic heterocycles. The van der Waals surface area contributed by atoms with Gasteiger partial charge in [-0.15, -0.1) is 0 Å². The van der Waals surface area contributed by atoms with E-state index in [4.69, 9.17) is 4.74 Å². The van der Waals surface area contributed by atoms with E-state index in [-0.39, 0.29) is 5.91 Å². The molecular formula is C16H27N3O2. The van der Waals surface area contributed by atoms with Gasteiger partial charge in [0.2, 0.25) is 0 Å². The standard InChI is InChI=1S/C16H27N3O2/c1-17-9-8-14-6-3-4-11-19(14)16(20)15-7-5-10-18(15)12-13-21-2/h5,7,10,14,17H,3-4,6,8-9,11-13H2,1-2H3. The molecule has 0 saturated carbocycles. The summed E-state index contributed by atoms with van der Waals surface area (Å²) in [5.74, 6) is 0.164. The van der Waals surface area contributed by atoms with Crippen molar-refractivity contribution in [3.63, 3.8) is 0 Å². The predicted molar refractivity (Wildman–Crippen MR) is 83.5 cm³/mol. The van der Waals surface area contributed by atoms with E-state index >= 15 is 0 Å². The van der Waals surface area contributed by atoms with Gasteiger partial charge in [0.15, 0.2) is 0 Å². The van der Waals surface area contributed by atoms with E-state index in [0.29, 0.717) is 12.6 Å². The average molecular weight is 293 g/mol. The minimum atomic E-state index is 0.164. The number of hydrogen-bond acceptors (Lipinski definition) is 3. The first kappa shape index (κ1) is 16.0. The third-order valence-electron chi connectivity index (χ3n) is 4.20. The maximum atomic E-state index is 12.9. The molecule has 5 heteroatoms. The first-order chi connectivity index (χ1) is 10.3. The van der Waals surface area contributed by atoms with Crippen LogP contribution in [0.25, 0.3) is 0 Å². The van der Waals surface area contributed by atoms with Crippen LogP contribution in [0.2, 0.25) is 0 Å². The van der Waals surface area contributed by atoms with Gasteiger partial charge in [0, 0.05) is 32.4 Å². The smallest absolute Gasteiger partial charge is 0.270 e. The first-order valence-electron chi connectivity index (χ1n) is 7.87. The molecule has 1 aromatic heterocycles. The minimum absolute atomic E-state index is 0.164. The fourth-order valence-corrected chi connectivity index (χ4v) is 3.02. The van der Waals surface area contributed by atoms with Gasteiger partial charge in [0.05, 0.1) is 6.61 Å². The molecule has 21 heavy (non-hydrogen) atoms. The zero-order valence-corrected chi connectivity index (χ0v) is 13.2. The Labute approximate surface area is 127 Å². The number of carbonyl (C=O) groups is 1.